The van der Waals surface area contributed by atoms with Gasteiger partial charge in [0.2, 0.25) is 17.7 Å². The van der Waals surface area contributed by atoms with E-state index in [1.54, 1.807) is 6.92 Å². The van der Waals surface area contributed by atoms with E-state index in [4.69, 9.17) is 21.7 Å². The van der Waals surface area contributed by atoms with E-state index < -0.39 is 48.4 Å². The van der Waals surface area contributed by atoms with Gasteiger partial charge in [0.1, 0.15) is 18.1 Å². The van der Waals surface area contributed by atoms with Crippen LogP contribution in [0, 0.1) is 5.92 Å². The summed E-state index contributed by atoms with van der Waals surface area (Å²) >= 11 is 0. The zero-order valence-electron chi connectivity index (χ0n) is 16.4. The van der Waals surface area contributed by atoms with Crippen molar-refractivity contribution in [1.29, 1.82) is 0 Å². The Bertz CT molecular complexity index is 530. The lowest BCUT2D eigenvalue weighted by Gasteiger charge is -2.27. The Hall–Kier alpha value is -2.24. The molecular formula is C17H33N5O6. The Balaban J connectivity index is 5.30. The number of nitrogens with one attached hydrogen (secondary N) is 3. The number of carboxylic acid groups (broad SMARTS) is 1. The summed E-state index contributed by atoms with van der Waals surface area (Å²) in [6.45, 7) is 2.96. The van der Waals surface area contributed by atoms with Crippen LogP contribution in [0.4, 0.5) is 0 Å². The Kier molecular flexibility index (Phi) is 12.7. The smallest absolute Gasteiger partial charge is 0.328 e. The zero-order chi connectivity index (χ0) is 21.7. The molecule has 0 saturated heterocycles. The standard InChI is InChI=1S/C17H33N5O6/c1-3-10(2)14(22-13(24)8-19)16(26)20-11(6-4-5-7-18)15(25)21-12(9-23)17(27)28/h10-12,14,23H,3-9,18-19H2,1-2H3,(H,20,26)(H,21,25)(H,22,24)(H,27,28). The predicted octanol–water partition coefficient (Wildman–Crippen LogP) is -2.35. The highest BCUT2D eigenvalue weighted by molar-refractivity contribution is 5.93. The highest BCUT2D eigenvalue weighted by atomic mass is 16.4. The van der Waals surface area contributed by atoms with Gasteiger partial charge in [0.25, 0.3) is 0 Å². The van der Waals surface area contributed by atoms with Gasteiger partial charge in [0.15, 0.2) is 0 Å². The molecule has 0 aliphatic rings. The van der Waals surface area contributed by atoms with Crippen molar-refractivity contribution in [3.8, 4) is 0 Å². The number of amides is 3. The van der Waals surface area contributed by atoms with Crippen molar-refractivity contribution >= 4 is 23.7 Å². The molecule has 0 bridgehead atoms. The summed E-state index contributed by atoms with van der Waals surface area (Å²) in [4.78, 5) is 47.8. The van der Waals surface area contributed by atoms with Gasteiger partial charge >= 0.3 is 5.97 Å². The summed E-state index contributed by atoms with van der Waals surface area (Å²) in [5, 5.41) is 25.4. The first-order valence-electron chi connectivity index (χ1n) is 9.35. The van der Waals surface area contributed by atoms with Crippen LogP contribution in [-0.2, 0) is 19.2 Å². The van der Waals surface area contributed by atoms with Crippen molar-refractivity contribution in [2.75, 3.05) is 19.7 Å². The molecule has 0 saturated carbocycles. The van der Waals surface area contributed by atoms with Gasteiger partial charge in [-0.3, -0.25) is 14.4 Å². The summed E-state index contributed by atoms with van der Waals surface area (Å²) in [7, 11) is 0. The third-order valence-corrected chi connectivity index (χ3v) is 4.37. The van der Waals surface area contributed by atoms with E-state index in [2.05, 4.69) is 16.0 Å². The van der Waals surface area contributed by atoms with Crippen LogP contribution in [-0.4, -0.2) is 71.7 Å². The summed E-state index contributed by atoms with van der Waals surface area (Å²) in [5.41, 5.74) is 10.7. The molecule has 11 nitrogen and oxygen atoms in total. The number of aliphatic hydroxyl groups is 1. The van der Waals surface area contributed by atoms with E-state index in [1.807, 2.05) is 6.92 Å². The van der Waals surface area contributed by atoms with E-state index in [0.717, 1.165) is 0 Å². The first-order chi connectivity index (χ1) is 13.2. The maximum Gasteiger partial charge on any atom is 0.328 e. The van der Waals surface area contributed by atoms with E-state index in [9.17, 15) is 19.2 Å². The molecule has 9 N–H and O–H groups in total. The molecule has 0 rings (SSSR count). The van der Waals surface area contributed by atoms with Crippen LogP contribution in [0.3, 0.4) is 0 Å². The summed E-state index contributed by atoms with van der Waals surface area (Å²) in [6.07, 6.45) is 1.96. The molecule has 3 amide bonds. The number of hydrogen-bond acceptors (Lipinski definition) is 7. The largest absolute Gasteiger partial charge is 0.480 e. The summed E-state index contributed by atoms with van der Waals surface area (Å²) in [5.74, 6) is -3.42. The van der Waals surface area contributed by atoms with Crippen LogP contribution in [0.15, 0.2) is 0 Å². The fourth-order valence-corrected chi connectivity index (χ4v) is 2.42. The Labute approximate surface area is 164 Å². The summed E-state index contributed by atoms with van der Waals surface area (Å²) < 4.78 is 0. The van der Waals surface area contributed by atoms with Crippen LogP contribution in [0.5, 0.6) is 0 Å². The van der Waals surface area contributed by atoms with Crippen molar-refractivity contribution in [2.45, 2.75) is 57.7 Å². The highest BCUT2D eigenvalue weighted by Gasteiger charge is 2.31. The molecular weight excluding hydrogens is 370 g/mol. The van der Waals surface area contributed by atoms with Crippen LogP contribution in [0.2, 0.25) is 0 Å². The van der Waals surface area contributed by atoms with Gasteiger partial charge in [0, 0.05) is 0 Å². The van der Waals surface area contributed by atoms with Gasteiger partial charge in [-0.05, 0) is 31.7 Å². The molecule has 0 aliphatic heterocycles. The molecule has 0 aliphatic carbocycles. The number of aliphatic carboxylic acids is 1. The molecule has 4 atom stereocenters. The number of nitrogens with two attached hydrogens (primary N) is 2. The topological polar surface area (TPSA) is 197 Å². The van der Waals surface area contributed by atoms with Gasteiger partial charge in [0.05, 0.1) is 13.2 Å². The number of unbranched alkanes of at least 4 members (excludes halogenated alkanes) is 1. The van der Waals surface area contributed by atoms with Gasteiger partial charge in [-0.15, -0.1) is 0 Å². The summed E-state index contributed by atoms with van der Waals surface area (Å²) in [6, 6.07) is -3.41. The molecule has 0 fully saturated rings. The molecule has 11 heteroatoms. The second kappa shape index (κ2) is 13.9. The number of aliphatic hydroxyl groups excluding tert-OH is 1. The van der Waals surface area contributed by atoms with Crippen molar-refractivity contribution in [1.82, 2.24) is 16.0 Å². The lowest BCUT2D eigenvalue weighted by atomic mass is 9.97. The molecule has 0 aromatic carbocycles. The van der Waals surface area contributed by atoms with E-state index >= 15 is 0 Å². The van der Waals surface area contributed by atoms with E-state index in [-0.39, 0.29) is 18.9 Å². The number of carbonyl (C=O) groups excluding carboxylic acids is 3. The molecule has 0 heterocycles. The Morgan fingerprint density at radius 2 is 1.57 bits per heavy atom. The molecule has 162 valence electrons. The van der Waals surface area contributed by atoms with Gasteiger partial charge in [-0.1, -0.05) is 20.3 Å². The average molecular weight is 403 g/mol. The van der Waals surface area contributed by atoms with Crippen molar-refractivity contribution in [3.63, 3.8) is 0 Å². The minimum absolute atomic E-state index is 0.215. The maximum atomic E-state index is 12.7. The van der Waals surface area contributed by atoms with E-state index in [0.29, 0.717) is 25.8 Å². The van der Waals surface area contributed by atoms with Crippen molar-refractivity contribution < 1.29 is 29.4 Å². The van der Waals surface area contributed by atoms with Crippen molar-refractivity contribution in [3.05, 3.63) is 0 Å². The Morgan fingerprint density at radius 3 is 2.04 bits per heavy atom. The molecule has 4 unspecified atom stereocenters. The average Bonchev–Trinajstić information content (AvgIpc) is 2.67. The third-order valence-electron chi connectivity index (χ3n) is 4.37. The maximum absolute atomic E-state index is 12.7. The normalized spacial score (nSPS) is 15.0. The third kappa shape index (κ3) is 9.11. The first kappa shape index (κ1) is 25.8. The lowest BCUT2D eigenvalue weighted by Crippen LogP contribution is -2.58. The number of rotatable bonds is 14. The molecule has 0 aromatic rings. The zero-order valence-corrected chi connectivity index (χ0v) is 16.4. The highest BCUT2D eigenvalue weighted by Crippen LogP contribution is 2.10. The number of hydrogen-bond donors (Lipinski definition) is 7. The molecule has 0 radical (unpaired) electrons. The van der Waals surface area contributed by atoms with Gasteiger partial charge < -0.3 is 37.6 Å². The van der Waals surface area contributed by atoms with Gasteiger partial charge in [-0.25, -0.2) is 4.79 Å². The quantitative estimate of drug-likeness (QED) is 0.156. The van der Waals surface area contributed by atoms with Crippen LogP contribution < -0.4 is 27.4 Å². The predicted molar refractivity (Wildman–Crippen MR) is 102 cm³/mol. The minimum Gasteiger partial charge on any atom is -0.480 e. The second-order valence-electron chi connectivity index (χ2n) is 6.56. The monoisotopic (exact) mass is 403 g/mol. The van der Waals surface area contributed by atoms with Crippen molar-refractivity contribution in [2.24, 2.45) is 17.4 Å². The fourth-order valence-electron chi connectivity index (χ4n) is 2.42. The first-order valence-corrected chi connectivity index (χ1v) is 9.35. The number of carbonyl (C=O) groups is 4. The fraction of sp³-hybridized carbons (Fsp3) is 0.765. The second-order valence-corrected chi connectivity index (χ2v) is 6.56. The van der Waals surface area contributed by atoms with Crippen LogP contribution >= 0.6 is 0 Å². The van der Waals surface area contributed by atoms with Crippen LogP contribution in [0.1, 0.15) is 39.5 Å². The molecule has 0 spiro atoms. The molecule has 0 aromatic heterocycles. The van der Waals surface area contributed by atoms with Gasteiger partial charge in [-0.2, -0.15) is 0 Å². The minimum atomic E-state index is -1.48. The van der Waals surface area contributed by atoms with E-state index in [1.165, 1.54) is 0 Å². The van der Waals surface area contributed by atoms with Crippen LogP contribution in [0.25, 0.3) is 0 Å². The SMILES string of the molecule is CCC(C)C(NC(=O)CN)C(=O)NC(CCCCN)C(=O)NC(CO)C(=O)O. The lowest BCUT2D eigenvalue weighted by molar-refractivity contribution is -0.143. The molecule has 28 heavy (non-hydrogen) atoms. The number of carboxylic acids is 1. The Morgan fingerprint density at radius 1 is 0.964 bits per heavy atom.